The quantitative estimate of drug-likeness (QED) is 0.597. The third-order valence-corrected chi connectivity index (χ3v) is 4.05. The number of halogens is 2. The summed E-state index contributed by atoms with van der Waals surface area (Å²) in [7, 11) is 0. The molecule has 5 heteroatoms. The molecular weight excluding hydrogens is 331 g/mol. The van der Waals surface area contributed by atoms with Crippen molar-refractivity contribution >= 4 is 23.2 Å². The highest BCUT2D eigenvalue weighted by molar-refractivity contribution is 6.30. The van der Waals surface area contributed by atoms with Crippen LogP contribution in [0.3, 0.4) is 0 Å². The van der Waals surface area contributed by atoms with E-state index >= 15 is 0 Å². The molecule has 0 radical (unpaired) electrons. The Hall–Kier alpha value is -1.97. The summed E-state index contributed by atoms with van der Waals surface area (Å²) in [5, 5.41) is 1.41. The van der Waals surface area contributed by atoms with E-state index in [1.807, 2.05) is 59.3 Å². The van der Waals surface area contributed by atoms with Gasteiger partial charge in [-0.15, -0.1) is 0 Å². The Balaban J connectivity index is 1.77. The molecule has 0 saturated heterocycles. The van der Waals surface area contributed by atoms with Crippen molar-refractivity contribution in [1.29, 1.82) is 0 Å². The summed E-state index contributed by atoms with van der Waals surface area (Å²) in [6, 6.07) is 15.2. The minimum absolute atomic E-state index is 0.0733. The average molecular weight is 347 g/mol. The number of rotatable bonds is 6. The van der Waals surface area contributed by atoms with Gasteiger partial charge in [0.1, 0.15) is 11.9 Å². The number of benzene rings is 2. The van der Waals surface area contributed by atoms with Crippen LogP contribution in [-0.4, -0.2) is 9.55 Å². The van der Waals surface area contributed by atoms with E-state index < -0.39 is 0 Å². The summed E-state index contributed by atoms with van der Waals surface area (Å²) in [4.78, 5) is 4.07. The minimum Gasteiger partial charge on any atom is -0.486 e. The van der Waals surface area contributed by atoms with Gasteiger partial charge in [0.2, 0.25) is 0 Å². The average Bonchev–Trinajstić information content (AvgIpc) is 3.08. The molecule has 3 rings (SSSR count). The van der Waals surface area contributed by atoms with Gasteiger partial charge in [-0.3, -0.25) is 0 Å². The molecule has 0 aliphatic carbocycles. The Bertz CT molecular complexity index is 725. The van der Waals surface area contributed by atoms with Crippen LogP contribution in [0.1, 0.15) is 18.1 Å². The van der Waals surface area contributed by atoms with Crippen molar-refractivity contribution in [3.63, 3.8) is 0 Å². The van der Waals surface area contributed by atoms with Crippen molar-refractivity contribution in [2.45, 2.75) is 19.1 Å². The summed E-state index contributed by atoms with van der Waals surface area (Å²) in [6.07, 6.45) is 6.27. The fourth-order valence-corrected chi connectivity index (χ4v) is 2.59. The number of hydrogen-bond donors (Lipinski definition) is 0. The van der Waals surface area contributed by atoms with Crippen LogP contribution in [0.4, 0.5) is 0 Å². The first-order valence-corrected chi connectivity index (χ1v) is 8.10. The van der Waals surface area contributed by atoms with Crippen LogP contribution in [0, 0.1) is 0 Å². The van der Waals surface area contributed by atoms with Gasteiger partial charge in [-0.05, 0) is 42.0 Å². The SMILES string of the molecule is Clc1ccc(O[C@H](CCn2ccnc2)c2ccc(Cl)cc2)cc1. The van der Waals surface area contributed by atoms with Crippen LogP contribution < -0.4 is 4.74 Å². The second-order valence-electron chi connectivity index (χ2n) is 5.20. The number of aromatic nitrogens is 2. The predicted molar refractivity (Wildman–Crippen MR) is 93.1 cm³/mol. The lowest BCUT2D eigenvalue weighted by molar-refractivity contribution is 0.188. The van der Waals surface area contributed by atoms with E-state index in [4.69, 9.17) is 27.9 Å². The lowest BCUT2D eigenvalue weighted by Gasteiger charge is -2.20. The van der Waals surface area contributed by atoms with Crippen LogP contribution in [0.2, 0.25) is 10.0 Å². The molecule has 0 N–H and O–H groups in total. The maximum absolute atomic E-state index is 6.16. The molecule has 0 aliphatic heterocycles. The number of hydrogen-bond acceptors (Lipinski definition) is 2. The first-order chi connectivity index (χ1) is 11.2. The molecule has 0 unspecified atom stereocenters. The normalized spacial score (nSPS) is 12.1. The second kappa shape index (κ2) is 7.53. The molecule has 118 valence electrons. The van der Waals surface area contributed by atoms with E-state index in [0.717, 1.165) is 24.3 Å². The molecule has 2 aromatic carbocycles. The van der Waals surface area contributed by atoms with E-state index in [0.29, 0.717) is 10.0 Å². The summed E-state index contributed by atoms with van der Waals surface area (Å²) in [6.45, 7) is 0.820. The summed E-state index contributed by atoms with van der Waals surface area (Å²) in [5.41, 5.74) is 1.09. The van der Waals surface area contributed by atoms with E-state index in [-0.39, 0.29) is 6.10 Å². The Morgan fingerprint density at radius 2 is 1.61 bits per heavy atom. The Labute approximate surface area is 145 Å². The first-order valence-electron chi connectivity index (χ1n) is 7.34. The van der Waals surface area contributed by atoms with Gasteiger partial charge in [0.15, 0.2) is 0 Å². The molecule has 1 aromatic heterocycles. The molecule has 23 heavy (non-hydrogen) atoms. The van der Waals surface area contributed by atoms with Crippen molar-refractivity contribution < 1.29 is 4.74 Å². The predicted octanol–water partition coefficient (Wildman–Crippen LogP) is 5.40. The fraction of sp³-hybridized carbons (Fsp3) is 0.167. The molecule has 0 bridgehead atoms. The Kier molecular flexibility index (Phi) is 5.21. The Morgan fingerprint density at radius 1 is 0.957 bits per heavy atom. The van der Waals surface area contributed by atoms with E-state index in [1.54, 1.807) is 12.5 Å². The summed E-state index contributed by atoms with van der Waals surface area (Å²) in [5.74, 6) is 0.792. The molecule has 0 aliphatic rings. The van der Waals surface area contributed by atoms with Crippen molar-refractivity contribution in [3.8, 4) is 5.75 Å². The number of aryl methyl sites for hydroxylation is 1. The van der Waals surface area contributed by atoms with Gasteiger partial charge in [-0.1, -0.05) is 35.3 Å². The molecule has 1 heterocycles. The summed E-state index contributed by atoms with van der Waals surface area (Å²) >= 11 is 11.9. The van der Waals surface area contributed by atoms with Gasteiger partial charge in [0.05, 0.1) is 6.33 Å². The van der Waals surface area contributed by atoms with Gasteiger partial charge in [0.25, 0.3) is 0 Å². The number of imidazole rings is 1. The highest BCUT2D eigenvalue weighted by Crippen LogP contribution is 2.27. The van der Waals surface area contributed by atoms with E-state index in [2.05, 4.69) is 4.98 Å². The molecule has 3 nitrogen and oxygen atoms in total. The highest BCUT2D eigenvalue weighted by Gasteiger charge is 2.14. The summed E-state index contributed by atoms with van der Waals surface area (Å²) < 4.78 is 8.19. The zero-order valence-electron chi connectivity index (χ0n) is 12.4. The fourth-order valence-electron chi connectivity index (χ4n) is 2.33. The molecule has 3 aromatic rings. The largest absolute Gasteiger partial charge is 0.486 e. The standard InChI is InChI=1S/C18H16Cl2N2O/c19-15-3-1-14(2-4-15)18(9-11-22-12-10-21-13-22)23-17-7-5-16(20)6-8-17/h1-8,10,12-13,18H,9,11H2/t18-/m1/s1. The number of ether oxygens (including phenoxy) is 1. The second-order valence-corrected chi connectivity index (χ2v) is 6.07. The monoisotopic (exact) mass is 346 g/mol. The topological polar surface area (TPSA) is 27.1 Å². The highest BCUT2D eigenvalue weighted by atomic mass is 35.5. The van der Waals surface area contributed by atoms with E-state index in [1.165, 1.54) is 0 Å². The zero-order chi connectivity index (χ0) is 16.1. The van der Waals surface area contributed by atoms with Crippen LogP contribution in [0.15, 0.2) is 67.3 Å². The lowest BCUT2D eigenvalue weighted by atomic mass is 10.1. The van der Waals surface area contributed by atoms with Gasteiger partial charge >= 0.3 is 0 Å². The molecule has 0 saturated carbocycles. The van der Waals surface area contributed by atoms with Crippen molar-refractivity contribution in [2.75, 3.05) is 0 Å². The third-order valence-electron chi connectivity index (χ3n) is 3.54. The van der Waals surface area contributed by atoms with E-state index in [9.17, 15) is 0 Å². The maximum atomic E-state index is 6.16. The van der Waals surface area contributed by atoms with Crippen LogP contribution in [0.25, 0.3) is 0 Å². The van der Waals surface area contributed by atoms with Gasteiger partial charge in [0, 0.05) is 35.4 Å². The van der Waals surface area contributed by atoms with Gasteiger partial charge in [-0.25, -0.2) is 4.98 Å². The van der Waals surface area contributed by atoms with Crippen LogP contribution in [-0.2, 0) is 6.54 Å². The maximum Gasteiger partial charge on any atom is 0.125 e. The first kappa shape index (κ1) is 15.9. The molecular formula is C18H16Cl2N2O. The van der Waals surface area contributed by atoms with Crippen LogP contribution in [0.5, 0.6) is 5.75 Å². The minimum atomic E-state index is -0.0733. The molecule has 0 spiro atoms. The Morgan fingerprint density at radius 3 is 2.22 bits per heavy atom. The molecule has 0 fully saturated rings. The molecule has 0 amide bonds. The zero-order valence-corrected chi connectivity index (χ0v) is 13.9. The van der Waals surface area contributed by atoms with Crippen molar-refractivity contribution in [1.82, 2.24) is 9.55 Å². The smallest absolute Gasteiger partial charge is 0.125 e. The van der Waals surface area contributed by atoms with Gasteiger partial charge in [-0.2, -0.15) is 0 Å². The van der Waals surface area contributed by atoms with Gasteiger partial charge < -0.3 is 9.30 Å². The van der Waals surface area contributed by atoms with Crippen molar-refractivity contribution in [2.24, 2.45) is 0 Å². The van der Waals surface area contributed by atoms with Crippen molar-refractivity contribution in [3.05, 3.63) is 82.9 Å². The third kappa shape index (κ3) is 4.50. The molecule has 1 atom stereocenters. The lowest BCUT2D eigenvalue weighted by Crippen LogP contribution is -2.11. The number of nitrogens with zero attached hydrogens (tertiary/aromatic N) is 2. The van der Waals surface area contributed by atoms with Crippen LogP contribution >= 0.6 is 23.2 Å².